The first-order chi connectivity index (χ1) is 10.3. The van der Waals surface area contributed by atoms with Crippen molar-refractivity contribution in [2.45, 2.75) is 32.2 Å². The fourth-order valence-electron chi connectivity index (χ4n) is 2.34. The fourth-order valence-corrected chi connectivity index (χ4v) is 2.34. The highest BCUT2D eigenvalue weighted by Gasteiger charge is 2.16. The number of pyridine rings is 1. The maximum atomic E-state index is 5.74. The van der Waals surface area contributed by atoms with Crippen LogP contribution in [0.25, 0.3) is 0 Å². The molecule has 0 amide bonds. The van der Waals surface area contributed by atoms with Crippen LogP contribution in [0.2, 0.25) is 0 Å². The van der Waals surface area contributed by atoms with Gasteiger partial charge in [-0.2, -0.15) is 0 Å². The molecule has 3 rings (SSSR count). The van der Waals surface area contributed by atoms with Crippen molar-refractivity contribution in [3.8, 4) is 17.6 Å². The standard InChI is InChI=1S/C18H20N2O/c1-14-3-2-4-15(9-14)5-6-16-10-18(12-19-11-16)21-13-17-7-8-20-17/h4,9-12,17,20H,2-3,7-8,13H2,1H3. The van der Waals surface area contributed by atoms with E-state index >= 15 is 0 Å². The Morgan fingerprint density at radius 2 is 2.29 bits per heavy atom. The number of nitrogens with one attached hydrogen (secondary N) is 1. The number of aromatic nitrogens is 1. The smallest absolute Gasteiger partial charge is 0.138 e. The Hall–Kier alpha value is -2.05. The van der Waals surface area contributed by atoms with Crippen molar-refractivity contribution in [2.24, 2.45) is 0 Å². The van der Waals surface area contributed by atoms with Gasteiger partial charge >= 0.3 is 0 Å². The van der Waals surface area contributed by atoms with Crippen LogP contribution in [0.1, 0.15) is 31.7 Å². The van der Waals surface area contributed by atoms with E-state index in [0.29, 0.717) is 12.6 Å². The second-order valence-corrected chi connectivity index (χ2v) is 5.60. The monoisotopic (exact) mass is 280 g/mol. The summed E-state index contributed by atoms with van der Waals surface area (Å²) in [6.45, 7) is 3.95. The quantitative estimate of drug-likeness (QED) is 0.865. The first-order valence-electron chi connectivity index (χ1n) is 7.50. The summed E-state index contributed by atoms with van der Waals surface area (Å²) >= 11 is 0. The molecule has 1 fully saturated rings. The molecule has 2 aliphatic rings. The van der Waals surface area contributed by atoms with Gasteiger partial charge in [0.2, 0.25) is 0 Å². The van der Waals surface area contributed by atoms with Gasteiger partial charge in [0.15, 0.2) is 0 Å². The molecule has 0 aromatic carbocycles. The predicted molar refractivity (Wildman–Crippen MR) is 84.1 cm³/mol. The van der Waals surface area contributed by atoms with E-state index in [1.165, 1.54) is 12.0 Å². The summed E-state index contributed by atoms with van der Waals surface area (Å²) in [4.78, 5) is 4.20. The number of nitrogens with zero attached hydrogens (tertiary/aromatic N) is 1. The molecule has 1 aliphatic carbocycles. The third kappa shape index (κ3) is 3.96. The van der Waals surface area contributed by atoms with E-state index in [1.54, 1.807) is 12.4 Å². The zero-order valence-corrected chi connectivity index (χ0v) is 12.4. The molecular formula is C18H20N2O. The summed E-state index contributed by atoms with van der Waals surface area (Å²) in [6.07, 6.45) is 11.3. The Morgan fingerprint density at radius 1 is 1.38 bits per heavy atom. The Morgan fingerprint density at radius 3 is 3.05 bits per heavy atom. The molecule has 1 N–H and O–H groups in total. The highest BCUT2D eigenvalue weighted by molar-refractivity contribution is 5.47. The van der Waals surface area contributed by atoms with Crippen molar-refractivity contribution in [2.75, 3.05) is 13.2 Å². The lowest BCUT2D eigenvalue weighted by atomic mass is 10.0. The third-order valence-corrected chi connectivity index (χ3v) is 3.75. The molecule has 0 radical (unpaired) electrons. The van der Waals surface area contributed by atoms with E-state index in [0.717, 1.165) is 36.3 Å². The zero-order valence-electron chi connectivity index (χ0n) is 12.4. The fraction of sp³-hybridized carbons (Fsp3) is 0.389. The summed E-state index contributed by atoms with van der Waals surface area (Å²) in [5.41, 5.74) is 3.39. The predicted octanol–water partition coefficient (Wildman–Crippen LogP) is 2.84. The average Bonchev–Trinajstić information content (AvgIpc) is 2.44. The topological polar surface area (TPSA) is 34.1 Å². The molecule has 1 aliphatic heterocycles. The first-order valence-corrected chi connectivity index (χ1v) is 7.50. The molecule has 1 saturated heterocycles. The van der Waals surface area contributed by atoms with Gasteiger partial charge in [0, 0.05) is 23.4 Å². The van der Waals surface area contributed by atoms with Gasteiger partial charge in [0.1, 0.15) is 12.4 Å². The Balaban J connectivity index is 1.64. The highest BCUT2D eigenvalue weighted by atomic mass is 16.5. The highest BCUT2D eigenvalue weighted by Crippen LogP contribution is 2.16. The van der Waals surface area contributed by atoms with Gasteiger partial charge in [-0.15, -0.1) is 0 Å². The van der Waals surface area contributed by atoms with E-state index in [1.807, 2.05) is 6.07 Å². The van der Waals surface area contributed by atoms with Crippen LogP contribution in [0.15, 0.2) is 41.8 Å². The normalized spacial score (nSPS) is 20.5. The Labute approximate surface area is 126 Å². The van der Waals surface area contributed by atoms with E-state index in [4.69, 9.17) is 4.74 Å². The number of ether oxygens (including phenoxy) is 1. The molecule has 1 atom stereocenters. The number of hydrogen-bond donors (Lipinski definition) is 1. The van der Waals surface area contributed by atoms with Gasteiger partial charge < -0.3 is 10.1 Å². The van der Waals surface area contributed by atoms with Crippen molar-refractivity contribution in [3.05, 3.63) is 47.3 Å². The summed E-state index contributed by atoms with van der Waals surface area (Å²) in [5.74, 6) is 7.17. The van der Waals surface area contributed by atoms with E-state index in [9.17, 15) is 0 Å². The van der Waals surface area contributed by atoms with Gasteiger partial charge in [-0.25, -0.2) is 0 Å². The van der Waals surface area contributed by atoms with E-state index < -0.39 is 0 Å². The molecule has 21 heavy (non-hydrogen) atoms. The lowest BCUT2D eigenvalue weighted by Crippen LogP contribution is -2.46. The van der Waals surface area contributed by atoms with Crippen molar-refractivity contribution in [3.63, 3.8) is 0 Å². The van der Waals surface area contributed by atoms with Crippen LogP contribution >= 0.6 is 0 Å². The molecule has 3 nitrogen and oxygen atoms in total. The van der Waals surface area contributed by atoms with Gasteiger partial charge in [0.05, 0.1) is 6.20 Å². The first kappa shape index (κ1) is 13.9. The Bertz CT molecular complexity index is 630. The largest absolute Gasteiger partial charge is 0.490 e. The molecule has 2 heterocycles. The second kappa shape index (κ2) is 6.60. The van der Waals surface area contributed by atoms with Crippen molar-refractivity contribution in [1.82, 2.24) is 10.3 Å². The molecular weight excluding hydrogens is 260 g/mol. The van der Waals surface area contributed by atoms with Gasteiger partial charge in [-0.1, -0.05) is 23.5 Å². The zero-order chi connectivity index (χ0) is 14.5. The summed E-state index contributed by atoms with van der Waals surface area (Å²) in [5, 5.41) is 3.32. The number of rotatable bonds is 3. The minimum atomic E-state index is 0.486. The minimum Gasteiger partial charge on any atom is -0.490 e. The van der Waals surface area contributed by atoms with Crippen molar-refractivity contribution >= 4 is 0 Å². The minimum absolute atomic E-state index is 0.486. The van der Waals surface area contributed by atoms with E-state index in [-0.39, 0.29) is 0 Å². The number of allylic oxidation sites excluding steroid dienone is 4. The summed E-state index contributed by atoms with van der Waals surface area (Å²) in [7, 11) is 0. The molecule has 108 valence electrons. The summed E-state index contributed by atoms with van der Waals surface area (Å²) in [6, 6.07) is 2.44. The van der Waals surface area contributed by atoms with Gasteiger partial charge in [-0.3, -0.25) is 4.98 Å². The molecule has 1 aromatic rings. The van der Waals surface area contributed by atoms with Crippen LogP contribution in [0.4, 0.5) is 0 Å². The molecule has 0 spiro atoms. The summed E-state index contributed by atoms with van der Waals surface area (Å²) < 4.78 is 5.74. The van der Waals surface area contributed by atoms with Crippen LogP contribution in [-0.4, -0.2) is 24.2 Å². The van der Waals surface area contributed by atoms with E-state index in [2.05, 4.69) is 41.2 Å². The van der Waals surface area contributed by atoms with Crippen LogP contribution in [0.3, 0.4) is 0 Å². The molecule has 1 unspecified atom stereocenters. The molecule has 1 aromatic heterocycles. The Kier molecular flexibility index (Phi) is 4.37. The third-order valence-electron chi connectivity index (χ3n) is 3.75. The average molecular weight is 280 g/mol. The number of hydrogen-bond acceptors (Lipinski definition) is 3. The van der Waals surface area contributed by atoms with Gasteiger partial charge in [0.25, 0.3) is 0 Å². The van der Waals surface area contributed by atoms with Gasteiger partial charge in [-0.05, 0) is 44.9 Å². The SMILES string of the molecule is CC1=CC(C#Cc2cncc(OCC3CCN3)c2)=CCC1. The molecule has 0 saturated carbocycles. The van der Waals surface area contributed by atoms with Crippen LogP contribution in [-0.2, 0) is 0 Å². The molecule has 3 heteroatoms. The van der Waals surface area contributed by atoms with Crippen LogP contribution in [0.5, 0.6) is 5.75 Å². The van der Waals surface area contributed by atoms with Crippen LogP contribution < -0.4 is 10.1 Å². The molecule has 0 bridgehead atoms. The maximum Gasteiger partial charge on any atom is 0.138 e. The second-order valence-electron chi connectivity index (χ2n) is 5.60. The maximum absolute atomic E-state index is 5.74. The van der Waals surface area contributed by atoms with Crippen molar-refractivity contribution < 1.29 is 4.74 Å². The lowest BCUT2D eigenvalue weighted by Gasteiger charge is -2.27. The van der Waals surface area contributed by atoms with Crippen molar-refractivity contribution in [1.29, 1.82) is 0 Å². The van der Waals surface area contributed by atoms with Crippen LogP contribution in [0, 0.1) is 11.8 Å². The lowest BCUT2D eigenvalue weighted by molar-refractivity contribution is 0.217.